The number of carbonyl (C=O) groups excluding carboxylic acids is 1. The topological polar surface area (TPSA) is 79.0 Å². The molecule has 0 spiro atoms. The minimum absolute atomic E-state index is 0.0904. The molecule has 0 unspecified atom stereocenters. The minimum Gasteiger partial charge on any atom is -0.401 e. The van der Waals surface area contributed by atoms with Crippen molar-refractivity contribution in [1.82, 2.24) is 5.32 Å². The number of Topliss-reactive ketones (excluding diaryl/α,β-unsaturated/α-hetero) is 1. The Labute approximate surface area is 84.1 Å². The largest absolute Gasteiger partial charge is 0.401 e. The van der Waals surface area contributed by atoms with Crippen molar-refractivity contribution >= 4 is 11.5 Å². The van der Waals surface area contributed by atoms with Crippen LogP contribution in [-0.2, 0) is 4.79 Å². The molecular weight excluding hydrogens is 178 g/mol. The van der Waals surface area contributed by atoms with Gasteiger partial charge < -0.3 is 11.1 Å². The zero-order valence-electron chi connectivity index (χ0n) is 8.52. The molecular formula is C10H17N3O. The third-order valence-corrected chi connectivity index (χ3v) is 2.31. The van der Waals surface area contributed by atoms with Crippen molar-refractivity contribution in [2.75, 3.05) is 13.1 Å². The summed E-state index contributed by atoms with van der Waals surface area (Å²) in [7, 11) is 0. The predicted molar refractivity (Wildman–Crippen MR) is 56.3 cm³/mol. The number of nitrogens with two attached hydrogens (primary N) is 1. The standard InChI is InChI=1S/C10H17N3O/c1-2-3-9(14)10(12)7-4-5-13-6-8(7)11/h12-13H,2-6,11H2,1H3. The highest BCUT2D eigenvalue weighted by Gasteiger charge is 2.18. The Morgan fingerprint density at radius 2 is 2.36 bits per heavy atom. The number of hydrogen-bond donors (Lipinski definition) is 3. The minimum atomic E-state index is -0.0904. The molecule has 4 heteroatoms. The van der Waals surface area contributed by atoms with E-state index in [-0.39, 0.29) is 11.5 Å². The Bertz CT molecular complexity index is 281. The molecule has 78 valence electrons. The van der Waals surface area contributed by atoms with Crippen molar-refractivity contribution < 1.29 is 4.79 Å². The molecule has 4 nitrogen and oxygen atoms in total. The second-order valence-electron chi connectivity index (χ2n) is 3.48. The molecule has 0 aromatic carbocycles. The van der Waals surface area contributed by atoms with E-state index in [1.54, 1.807) is 0 Å². The molecule has 0 bridgehead atoms. The first-order chi connectivity index (χ1) is 6.66. The van der Waals surface area contributed by atoms with Gasteiger partial charge in [0.05, 0.1) is 0 Å². The van der Waals surface area contributed by atoms with Crippen molar-refractivity contribution in [2.24, 2.45) is 5.73 Å². The average Bonchev–Trinajstić information content (AvgIpc) is 2.18. The van der Waals surface area contributed by atoms with Crippen LogP contribution in [0.15, 0.2) is 11.3 Å². The summed E-state index contributed by atoms with van der Waals surface area (Å²) in [6.45, 7) is 3.33. The smallest absolute Gasteiger partial charge is 0.180 e. The van der Waals surface area contributed by atoms with E-state index in [1.165, 1.54) is 0 Å². The molecule has 0 amide bonds. The third-order valence-electron chi connectivity index (χ3n) is 2.31. The lowest BCUT2D eigenvalue weighted by molar-refractivity contribution is -0.113. The van der Waals surface area contributed by atoms with Crippen LogP contribution in [0.4, 0.5) is 0 Å². The van der Waals surface area contributed by atoms with Gasteiger partial charge in [0.15, 0.2) is 5.78 Å². The van der Waals surface area contributed by atoms with E-state index in [4.69, 9.17) is 11.1 Å². The molecule has 0 saturated heterocycles. The van der Waals surface area contributed by atoms with Gasteiger partial charge in [-0.15, -0.1) is 0 Å². The van der Waals surface area contributed by atoms with E-state index in [9.17, 15) is 4.79 Å². The van der Waals surface area contributed by atoms with E-state index in [1.807, 2.05) is 6.92 Å². The SMILES string of the molecule is CCCC(=O)C(=N)C1=C(N)CNCC1. The number of hydrogen-bond acceptors (Lipinski definition) is 4. The van der Waals surface area contributed by atoms with Crippen LogP contribution in [0.25, 0.3) is 0 Å². The highest BCUT2D eigenvalue weighted by molar-refractivity contribution is 6.45. The summed E-state index contributed by atoms with van der Waals surface area (Å²) >= 11 is 0. The first-order valence-electron chi connectivity index (χ1n) is 4.97. The Morgan fingerprint density at radius 1 is 1.64 bits per heavy atom. The van der Waals surface area contributed by atoms with E-state index in [0.717, 1.165) is 18.5 Å². The fourth-order valence-corrected chi connectivity index (χ4v) is 1.51. The highest BCUT2D eigenvalue weighted by atomic mass is 16.1. The van der Waals surface area contributed by atoms with Gasteiger partial charge in [-0.1, -0.05) is 6.92 Å². The molecule has 0 aliphatic carbocycles. The van der Waals surface area contributed by atoms with Crippen LogP contribution in [0.2, 0.25) is 0 Å². The molecule has 1 aliphatic heterocycles. The molecule has 0 aromatic rings. The van der Waals surface area contributed by atoms with Crippen molar-refractivity contribution in [3.8, 4) is 0 Å². The first kappa shape index (κ1) is 10.9. The van der Waals surface area contributed by atoms with Gasteiger partial charge in [0.25, 0.3) is 0 Å². The monoisotopic (exact) mass is 195 g/mol. The normalized spacial score (nSPS) is 16.9. The van der Waals surface area contributed by atoms with Crippen LogP contribution >= 0.6 is 0 Å². The highest BCUT2D eigenvalue weighted by Crippen LogP contribution is 2.11. The van der Waals surface area contributed by atoms with Gasteiger partial charge in [0.1, 0.15) is 5.71 Å². The van der Waals surface area contributed by atoms with Crippen LogP contribution in [0.1, 0.15) is 26.2 Å². The summed E-state index contributed by atoms with van der Waals surface area (Å²) in [5.41, 5.74) is 7.24. The Hall–Kier alpha value is -1.16. The molecule has 0 fully saturated rings. The van der Waals surface area contributed by atoms with Crippen LogP contribution < -0.4 is 11.1 Å². The van der Waals surface area contributed by atoms with E-state index >= 15 is 0 Å². The molecule has 1 rings (SSSR count). The summed E-state index contributed by atoms with van der Waals surface area (Å²) in [6.07, 6.45) is 1.93. The van der Waals surface area contributed by atoms with Crippen molar-refractivity contribution in [3.05, 3.63) is 11.3 Å². The van der Waals surface area contributed by atoms with E-state index in [2.05, 4.69) is 5.32 Å². The maximum absolute atomic E-state index is 11.5. The van der Waals surface area contributed by atoms with Gasteiger partial charge in [-0.05, 0) is 19.4 Å². The quantitative estimate of drug-likeness (QED) is 0.574. The summed E-state index contributed by atoms with van der Waals surface area (Å²) < 4.78 is 0. The zero-order chi connectivity index (χ0) is 10.6. The molecule has 1 heterocycles. The van der Waals surface area contributed by atoms with Crippen LogP contribution in [0.3, 0.4) is 0 Å². The maximum Gasteiger partial charge on any atom is 0.180 e. The first-order valence-corrected chi connectivity index (χ1v) is 4.97. The summed E-state index contributed by atoms with van der Waals surface area (Å²) in [5, 5.41) is 10.8. The fourth-order valence-electron chi connectivity index (χ4n) is 1.51. The molecule has 0 saturated carbocycles. The lowest BCUT2D eigenvalue weighted by atomic mass is 9.97. The van der Waals surface area contributed by atoms with Crippen LogP contribution in [-0.4, -0.2) is 24.6 Å². The van der Waals surface area contributed by atoms with Crippen LogP contribution in [0, 0.1) is 5.41 Å². The second kappa shape index (κ2) is 4.91. The van der Waals surface area contributed by atoms with Crippen molar-refractivity contribution in [3.63, 3.8) is 0 Å². The summed E-state index contributed by atoms with van der Waals surface area (Å²) in [5.74, 6) is -0.0904. The summed E-state index contributed by atoms with van der Waals surface area (Å²) in [6, 6.07) is 0. The molecule has 0 aromatic heterocycles. The van der Waals surface area contributed by atoms with Gasteiger partial charge in [-0.2, -0.15) is 0 Å². The van der Waals surface area contributed by atoms with E-state index in [0.29, 0.717) is 25.1 Å². The number of carbonyl (C=O) groups is 1. The van der Waals surface area contributed by atoms with Gasteiger partial charge in [0.2, 0.25) is 0 Å². The van der Waals surface area contributed by atoms with Crippen LogP contribution in [0.5, 0.6) is 0 Å². The van der Waals surface area contributed by atoms with E-state index < -0.39 is 0 Å². The Balaban J connectivity index is 2.72. The number of nitrogens with one attached hydrogen (secondary N) is 2. The maximum atomic E-state index is 11.5. The van der Waals surface area contributed by atoms with Gasteiger partial charge in [0, 0.05) is 24.2 Å². The van der Waals surface area contributed by atoms with Gasteiger partial charge in [-0.3, -0.25) is 10.2 Å². The molecule has 14 heavy (non-hydrogen) atoms. The summed E-state index contributed by atoms with van der Waals surface area (Å²) in [4.78, 5) is 11.5. The zero-order valence-corrected chi connectivity index (χ0v) is 8.52. The van der Waals surface area contributed by atoms with Gasteiger partial charge >= 0.3 is 0 Å². The van der Waals surface area contributed by atoms with Crippen molar-refractivity contribution in [1.29, 1.82) is 5.41 Å². The van der Waals surface area contributed by atoms with Gasteiger partial charge in [-0.25, -0.2) is 0 Å². The predicted octanol–water partition coefficient (Wildman–Crippen LogP) is 0.581. The number of ketones is 1. The Kier molecular flexibility index (Phi) is 3.83. The molecule has 4 N–H and O–H groups in total. The molecule has 0 radical (unpaired) electrons. The van der Waals surface area contributed by atoms with Crippen molar-refractivity contribution in [2.45, 2.75) is 26.2 Å². The molecule has 0 atom stereocenters. The lowest BCUT2D eigenvalue weighted by Crippen LogP contribution is -2.33. The third kappa shape index (κ3) is 2.42. The molecule has 1 aliphatic rings. The Morgan fingerprint density at radius 3 is 2.93 bits per heavy atom. The fraction of sp³-hybridized carbons (Fsp3) is 0.600. The number of rotatable bonds is 4. The lowest BCUT2D eigenvalue weighted by Gasteiger charge is -2.18. The average molecular weight is 195 g/mol. The second-order valence-corrected chi connectivity index (χ2v) is 3.48.